The summed E-state index contributed by atoms with van der Waals surface area (Å²) in [6.07, 6.45) is 4.97. The Balaban J connectivity index is 1.77. The zero-order valence-corrected chi connectivity index (χ0v) is 13.2. The highest BCUT2D eigenvalue weighted by atomic mass is 32.1. The number of rotatable bonds is 3. The minimum atomic E-state index is 0.316. The van der Waals surface area contributed by atoms with Gasteiger partial charge in [0.1, 0.15) is 0 Å². The molecule has 0 aromatic carbocycles. The number of hydrogen-bond acceptors (Lipinski definition) is 5. The molecule has 0 saturated carbocycles. The molecule has 0 bridgehead atoms. The van der Waals surface area contributed by atoms with Crippen LogP contribution in [0.3, 0.4) is 0 Å². The van der Waals surface area contributed by atoms with Gasteiger partial charge in [-0.3, -0.25) is 9.69 Å². The summed E-state index contributed by atoms with van der Waals surface area (Å²) in [5.74, 6) is 0.316. The Hall–Kier alpha value is -0.940. The molecule has 20 heavy (non-hydrogen) atoms. The van der Waals surface area contributed by atoms with E-state index in [1.54, 1.807) is 11.3 Å². The predicted molar refractivity (Wildman–Crippen MR) is 83.0 cm³/mol. The second-order valence-corrected chi connectivity index (χ2v) is 7.16. The van der Waals surface area contributed by atoms with Gasteiger partial charge in [-0.2, -0.15) is 0 Å². The molecule has 3 heterocycles. The normalized spacial score (nSPS) is 23.9. The van der Waals surface area contributed by atoms with Crippen molar-refractivity contribution >= 4 is 22.8 Å². The van der Waals surface area contributed by atoms with Gasteiger partial charge in [0, 0.05) is 25.7 Å². The Labute approximate surface area is 124 Å². The molecule has 1 unspecified atom stereocenters. The Morgan fingerprint density at radius 1 is 1.30 bits per heavy atom. The van der Waals surface area contributed by atoms with Crippen LogP contribution in [-0.4, -0.2) is 48.4 Å². The summed E-state index contributed by atoms with van der Waals surface area (Å²) in [6, 6.07) is 0.684. The third-order valence-corrected chi connectivity index (χ3v) is 5.49. The van der Waals surface area contributed by atoms with Gasteiger partial charge in [-0.05, 0) is 25.3 Å². The summed E-state index contributed by atoms with van der Waals surface area (Å²) in [6.45, 7) is 8.71. The quantitative estimate of drug-likeness (QED) is 0.803. The lowest BCUT2D eigenvalue weighted by atomic mass is 10.00. The highest BCUT2D eigenvalue weighted by Gasteiger charge is 2.30. The largest absolute Gasteiger partial charge is 0.345 e. The van der Waals surface area contributed by atoms with Crippen LogP contribution in [0.15, 0.2) is 0 Å². The highest BCUT2D eigenvalue weighted by Crippen LogP contribution is 2.32. The second kappa shape index (κ2) is 5.82. The van der Waals surface area contributed by atoms with Gasteiger partial charge in [-0.25, -0.2) is 4.98 Å². The van der Waals surface area contributed by atoms with Gasteiger partial charge in [-0.1, -0.05) is 31.6 Å². The molecular weight excluding hydrogens is 270 g/mol. The molecule has 1 aromatic heterocycles. The summed E-state index contributed by atoms with van der Waals surface area (Å²) in [5, 5.41) is 1.04. The predicted octanol–water partition coefficient (Wildman–Crippen LogP) is 2.75. The van der Waals surface area contributed by atoms with E-state index in [1.165, 1.54) is 25.8 Å². The van der Waals surface area contributed by atoms with Crippen molar-refractivity contribution in [3.05, 3.63) is 10.6 Å². The first-order valence-electron chi connectivity index (χ1n) is 7.64. The third kappa shape index (κ3) is 2.61. The fourth-order valence-corrected chi connectivity index (χ4v) is 4.36. The number of piperazine rings is 1. The van der Waals surface area contributed by atoms with Crippen LogP contribution in [0.4, 0.5) is 5.13 Å². The van der Waals surface area contributed by atoms with Crippen LogP contribution in [-0.2, 0) is 0 Å². The van der Waals surface area contributed by atoms with Gasteiger partial charge in [0.25, 0.3) is 0 Å². The number of anilines is 1. The van der Waals surface area contributed by atoms with Gasteiger partial charge in [0.15, 0.2) is 11.4 Å². The second-order valence-electron chi connectivity index (χ2n) is 6.15. The van der Waals surface area contributed by atoms with E-state index in [0.717, 1.165) is 41.6 Å². The molecule has 5 heteroatoms. The average Bonchev–Trinajstić information content (AvgIpc) is 2.91. The summed E-state index contributed by atoms with van der Waals surface area (Å²) in [7, 11) is 0. The maximum atomic E-state index is 11.2. The Morgan fingerprint density at radius 2 is 2.15 bits per heavy atom. The maximum Gasteiger partial charge on any atom is 0.186 e. The molecule has 4 nitrogen and oxygen atoms in total. The molecule has 2 fully saturated rings. The molecule has 0 radical (unpaired) electrons. The number of fused-ring (bicyclic) bond motifs is 1. The van der Waals surface area contributed by atoms with Crippen molar-refractivity contribution in [1.82, 2.24) is 9.88 Å². The summed E-state index contributed by atoms with van der Waals surface area (Å²) in [4.78, 5) is 21.8. The lowest BCUT2D eigenvalue weighted by molar-refractivity contribution is 0.112. The molecule has 2 aliphatic heterocycles. The number of nitrogens with zero attached hydrogens (tertiary/aromatic N) is 3. The zero-order valence-electron chi connectivity index (χ0n) is 12.3. The van der Waals surface area contributed by atoms with Crippen LogP contribution in [0, 0.1) is 0 Å². The Kier molecular flexibility index (Phi) is 4.08. The Bertz CT molecular complexity index is 485. The van der Waals surface area contributed by atoms with Crippen LogP contribution >= 0.6 is 11.3 Å². The highest BCUT2D eigenvalue weighted by molar-refractivity contribution is 7.17. The number of thiazole rings is 1. The van der Waals surface area contributed by atoms with Gasteiger partial charge >= 0.3 is 0 Å². The van der Waals surface area contributed by atoms with Crippen molar-refractivity contribution in [2.45, 2.75) is 45.1 Å². The van der Waals surface area contributed by atoms with E-state index in [0.29, 0.717) is 12.0 Å². The number of piperidine rings is 1. The molecule has 0 N–H and O–H groups in total. The van der Waals surface area contributed by atoms with Crippen molar-refractivity contribution in [3.63, 3.8) is 0 Å². The van der Waals surface area contributed by atoms with Crippen molar-refractivity contribution < 1.29 is 4.79 Å². The number of aldehydes is 1. The molecule has 0 aliphatic carbocycles. The fourth-order valence-electron chi connectivity index (χ4n) is 3.29. The van der Waals surface area contributed by atoms with Crippen LogP contribution < -0.4 is 4.90 Å². The fraction of sp³-hybridized carbons (Fsp3) is 0.733. The van der Waals surface area contributed by atoms with E-state index in [2.05, 4.69) is 23.6 Å². The molecular formula is C15H23N3OS. The summed E-state index contributed by atoms with van der Waals surface area (Å²) < 4.78 is 0. The molecule has 0 spiro atoms. The first kappa shape index (κ1) is 14.0. The van der Waals surface area contributed by atoms with Crippen LogP contribution in [0.2, 0.25) is 0 Å². The van der Waals surface area contributed by atoms with E-state index in [9.17, 15) is 4.79 Å². The van der Waals surface area contributed by atoms with E-state index < -0.39 is 0 Å². The third-order valence-electron chi connectivity index (χ3n) is 4.43. The number of carbonyl (C=O) groups excluding carboxylic acids is 1. The standard InChI is InChI=1S/C15H23N3OS/c1-11(2)14-13(10-19)20-15(16-14)18-8-7-17-6-4-3-5-12(17)9-18/h10-12H,3-9H2,1-2H3. The van der Waals surface area contributed by atoms with Gasteiger partial charge in [0.2, 0.25) is 0 Å². The lowest BCUT2D eigenvalue weighted by Crippen LogP contribution is -2.54. The first-order chi connectivity index (χ1) is 9.69. The molecule has 110 valence electrons. The monoisotopic (exact) mass is 293 g/mol. The van der Waals surface area contributed by atoms with E-state index >= 15 is 0 Å². The average molecular weight is 293 g/mol. The summed E-state index contributed by atoms with van der Waals surface area (Å²) >= 11 is 1.56. The first-order valence-corrected chi connectivity index (χ1v) is 8.45. The molecule has 1 aromatic rings. The minimum absolute atomic E-state index is 0.316. The number of hydrogen-bond donors (Lipinski definition) is 0. The van der Waals surface area contributed by atoms with Gasteiger partial charge in [0.05, 0.1) is 10.6 Å². The van der Waals surface area contributed by atoms with Crippen molar-refractivity contribution in [1.29, 1.82) is 0 Å². The number of carbonyl (C=O) groups is 1. The van der Waals surface area contributed by atoms with Crippen molar-refractivity contribution in [2.75, 3.05) is 31.1 Å². The van der Waals surface area contributed by atoms with Crippen molar-refractivity contribution in [2.24, 2.45) is 0 Å². The zero-order chi connectivity index (χ0) is 14.1. The van der Waals surface area contributed by atoms with E-state index in [-0.39, 0.29) is 0 Å². The molecule has 2 saturated heterocycles. The SMILES string of the molecule is CC(C)c1nc(N2CCN3CCCCC3C2)sc1C=O. The maximum absolute atomic E-state index is 11.2. The lowest BCUT2D eigenvalue weighted by Gasteiger charge is -2.44. The minimum Gasteiger partial charge on any atom is -0.345 e. The smallest absolute Gasteiger partial charge is 0.186 e. The number of aromatic nitrogens is 1. The van der Waals surface area contributed by atoms with E-state index in [4.69, 9.17) is 4.98 Å². The van der Waals surface area contributed by atoms with Gasteiger partial charge < -0.3 is 4.90 Å². The molecule has 2 aliphatic rings. The van der Waals surface area contributed by atoms with Gasteiger partial charge in [-0.15, -0.1) is 0 Å². The van der Waals surface area contributed by atoms with Crippen LogP contribution in [0.5, 0.6) is 0 Å². The van der Waals surface area contributed by atoms with E-state index in [1.807, 2.05) is 0 Å². The summed E-state index contributed by atoms with van der Waals surface area (Å²) in [5.41, 5.74) is 0.964. The topological polar surface area (TPSA) is 36.4 Å². The molecule has 0 amide bonds. The molecule has 3 rings (SSSR count). The van der Waals surface area contributed by atoms with Crippen LogP contribution in [0.25, 0.3) is 0 Å². The molecule has 1 atom stereocenters. The Morgan fingerprint density at radius 3 is 2.85 bits per heavy atom. The van der Waals surface area contributed by atoms with Crippen LogP contribution in [0.1, 0.15) is 54.4 Å². The van der Waals surface area contributed by atoms with Crippen molar-refractivity contribution in [3.8, 4) is 0 Å².